The highest BCUT2D eigenvalue weighted by molar-refractivity contribution is 7.90. The third-order valence-corrected chi connectivity index (χ3v) is 7.39. The molecule has 8 nitrogen and oxygen atoms in total. The maximum atomic E-state index is 13.4. The third-order valence-electron chi connectivity index (χ3n) is 5.14. The first-order chi connectivity index (χ1) is 15.3. The number of rotatable bonds is 4. The molecule has 0 spiro atoms. The van der Waals surface area contributed by atoms with Gasteiger partial charge in [-0.2, -0.15) is 8.42 Å². The predicted molar refractivity (Wildman–Crippen MR) is 126 cm³/mol. The molecule has 32 heavy (non-hydrogen) atoms. The second-order valence-electron chi connectivity index (χ2n) is 7.36. The summed E-state index contributed by atoms with van der Waals surface area (Å²) in [7, 11) is -4.04. The first kappa shape index (κ1) is 20.3. The molecule has 162 valence electrons. The van der Waals surface area contributed by atoms with Crippen molar-refractivity contribution in [3.8, 4) is 5.75 Å². The van der Waals surface area contributed by atoms with E-state index in [-0.39, 0.29) is 22.0 Å². The van der Waals surface area contributed by atoms with Crippen molar-refractivity contribution < 1.29 is 13.5 Å². The van der Waals surface area contributed by atoms with Gasteiger partial charge in [-0.05, 0) is 36.1 Å². The Kier molecular flexibility index (Phi) is 4.75. The van der Waals surface area contributed by atoms with Gasteiger partial charge in [0.2, 0.25) is 0 Å². The smallest absolute Gasteiger partial charge is 0.286 e. The molecular formula is C22H18N4O4S2. The van der Waals surface area contributed by atoms with Crippen molar-refractivity contribution in [3.05, 3.63) is 87.0 Å². The Morgan fingerprint density at radius 3 is 2.78 bits per heavy atom. The molecule has 1 aliphatic rings. The van der Waals surface area contributed by atoms with E-state index < -0.39 is 15.6 Å². The lowest BCUT2D eigenvalue weighted by Crippen LogP contribution is -2.36. The van der Waals surface area contributed by atoms with E-state index in [0.29, 0.717) is 22.4 Å². The molecule has 4 aromatic rings. The number of anilines is 1. The number of amidine groups is 1. The number of nitrogens with one attached hydrogen (secondary N) is 2. The zero-order chi connectivity index (χ0) is 22.5. The number of pyridine rings is 1. The fourth-order valence-electron chi connectivity index (χ4n) is 3.68. The van der Waals surface area contributed by atoms with Gasteiger partial charge in [0.05, 0.1) is 22.4 Å². The largest absolute Gasteiger partial charge is 0.505 e. The zero-order valence-corrected chi connectivity index (χ0v) is 18.5. The summed E-state index contributed by atoms with van der Waals surface area (Å²) in [6.07, 6.45) is 0. The summed E-state index contributed by atoms with van der Waals surface area (Å²) in [4.78, 5) is 13.5. The molecule has 2 aromatic carbocycles. The molecule has 0 aliphatic carbocycles. The van der Waals surface area contributed by atoms with Crippen molar-refractivity contribution in [2.45, 2.75) is 18.4 Å². The third kappa shape index (κ3) is 3.33. The van der Waals surface area contributed by atoms with Gasteiger partial charge in [-0.15, -0.1) is 15.7 Å². The highest BCUT2D eigenvalue weighted by atomic mass is 32.2. The molecule has 0 amide bonds. The Hall–Kier alpha value is -3.63. The number of aromatic nitrogens is 1. The molecule has 2 aromatic heterocycles. The average molecular weight is 467 g/mol. The highest BCUT2D eigenvalue weighted by Crippen LogP contribution is 2.34. The van der Waals surface area contributed by atoms with Crippen LogP contribution >= 0.6 is 11.3 Å². The van der Waals surface area contributed by atoms with E-state index in [1.165, 1.54) is 22.1 Å². The van der Waals surface area contributed by atoms with Crippen LogP contribution in [0.25, 0.3) is 10.2 Å². The molecule has 0 unspecified atom stereocenters. The first-order valence-electron chi connectivity index (χ1n) is 9.71. The molecule has 1 aliphatic heterocycles. The number of hydrogen-bond acceptors (Lipinski definition) is 7. The quantitative estimate of drug-likeness (QED) is 0.425. The monoisotopic (exact) mass is 466 g/mol. The van der Waals surface area contributed by atoms with Gasteiger partial charge in [0.25, 0.3) is 15.6 Å². The van der Waals surface area contributed by atoms with E-state index in [4.69, 9.17) is 0 Å². The van der Waals surface area contributed by atoms with E-state index in [1.807, 2.05) is 31.2 Å². The van der Waals surface area contributed by atoms with Crippen LogP contribution in [0.4, 0.5) is 5.69 Å². The first-order valence-corrected chi connectivity index (χ1v) is 12.0. The van der Waals surface area contributed by atoms with Crippen molar-refractivity contribution in [3.63, 3.8) is 0 Å². The van der Waals surface area contributed by atoms with Gasteiger partial charge in [-0.1, -0.05) is 42.0 Å². The van der Waals surface area contributed by atoms with Gasteiger partial charge in [-0.25, -0.2) is 4.68 Å². The molecule has 10 heteroatoms. The van der Waals surface area contributed by atoms with Gasteiger partial charge in [-0.3, -0.25) is 4.79 Å². The Balaban J connectivity index is 1.65. The van der Waals surface area contributed by atoms with Crippen molar-refractivity contribution in [2.24, 2.45) is 4.40 Å². The molecule has 0 saturated heterocycles. The molecular weight excluding hydrogens is 448 g/mol. The fourth-order valence-corrected chi connectivity index (χ4v) is 5.63. The number of aromatic hydroxyl groups is 1. The van der Waals surface area contributed by atoms with Crippen LogP contribution in [-0.2, 0) is 16.6 Å². The average Bonchev–Trinajstić information content (AvgIpc) is 3.23. The summed E-state index contributed by atoms with van der Waals surface area (Å²) >= 11 is 1.24. The topological polar surface area (TPSA) is 113 Å². The van der Waals surface area contributed by atoms with Gasteiger partial charge in [0, 0.05) is 0 Å². The lowest BCUT2D eigenvalue weighted by Gasteiger charge is -2.20. The Labute approximate surface area is 187 Å². The van der Waals surface area contributed by atoms with Crippen molar-refractivity contribution in [2.75, 3.05) is 10.7 Å². The molecule has 3 heterocycles. The number of benzene rings is 2. The van der Waals surface area contributed by atoms with Crippen LogP contribution in [0.5, 0.6) is 5.75 Å². The SMILES string of the molecule is Cc1cccc(CNn2c(=O)c(C3=NS(=O)(=O)c4ccccc4N3)c(O)c3sccc32)c1. The van der Waals surface area contributed by atoms with Gasteiger partial charge < -0.3 is 15.8 Å². The van der Waals surface area contributed by atoms with Crippen LogP contribution in [0.3, 0.4) is 0 Å². The van der Waals surface area contributed by atoms with Crippen LogP contribution < -0.4 is 16.3 Å². The van der Waals surface area contributed by atoms with E-state index >= 15 is 0 Å². The van der Waals surface area contributed by atoms with Crippen LogP contribution in [0.15, 0.2) is 74.1 Å². The molecule has 3 N–H and O–H groups in total. The van der Waals surface area contributed by atoms with Gasteiger partial charge in [0.1, 0.15) is 10.5 Å². The van der Waals surface area contributed by atoms with E-state index in [2.05, 4.69) is 15.1 Å². The predicted octanol–water partition coefficient (Wildman–Crippen LogP) is 3.38. The lowest BCUT2D eigenvalue weighted by molar-refractivity contribution is 0.479. The summed E-state index contributed by atoms with van der Waals surface area (Å²) in [6.45, 7) is 2.34. The standard InChI is InChI=1S/C22H18N4O4S2/c1-13-5-4-6-14(11-13)12-23-26-16-9-10-31-20(16)19(27)18(22(26)28)21-24-15-7-2-3-8-17(15)32(29,30)25-21/h2-11,23,27H,12H2,1H3,(H,24,25). The van der Waals surface area contributed by atoms with Crippen LogP contribution in [0, 0.1) is 6.92 Å². The molecule has 0 fully saturated rings. The second kappa shape index (κ2) is 7.50. The lowest BCUT2D eigenvalue weighted by atomic mass is 10.1. The van der Waals surface area contributed by atoms with Crippen LogP contribution in [0.2, 0.25) is 0 Å². The Morgan fingerprint density at radius 1 is 1.16 bits per heavy atom. The van der Waals surface area contributed by atoms with Gasteiger partial charge in [0.15, 0.2) is 11.6 Å². The van der Waals surface area contributed by atoms with Crippen molar-refractivity contribution in [1.29, 1.82) is 0 Å². The fraction of sp³-hybridized carbons (Fsp3) is 0.0909. The van der Waals surface area contributed by atoms with E-state index in [1.54, 1.807) is 29.6 Å². The van der Waals surface area contributed by atoms with E-state index in [9.17, 15) is 18.3 Å². The number of fused-ring (bicyclic) bond motifs is 2. The minimum absolute atomic E-state index is 0.0124. The van der Waals surface area contributed by atoms with Crippen LogP contribution in [0.1, 0.15) is 16.7 Å². The zero-order valence-electron chi connectivity index (χ0n) is 16.9. The molecule has 5 rings (SSSR count). The summed E-state index contributed by atoms with van der Waals surface area (Å²) in [5.41, 5.74) is 5.13. The molecule has 0 bridgehead atoms. The summed E-state index contributed by atoms with van der Waals surface area (Å²) in [5, 5.41) is 15.5. The minimum atomic E-state index is -4.04. The number of para-hydroxylation sites is 1. The maximum absolute atomic E-state index is 13.4. The minimum Gasteiger partial charge on any atom is -0.505 e. The van der Waals surface area contributed by atoms with Crippen LogP contribution in [-0.4, -0.2) is 24.0 Å². The molecule has 0 saturated carbocycles. The number of thiophene rings is 1. The summed E-state index contributed by atoms with van der Waals surface area (Å²) in [5.74, 6) is -0.526. The second-order valence-corrected chi connectivity index (χ2v) is 9.85. The normalized spacial score (nSPS) is 14.5. The highest BCUT2D eigenvalue weighted by Gasteiger charge is 2.30. The number of hydrogen-bond donors (Lipinski definition) is 3. The van der Waals surface area contributed by atoms with Crippen molar-refractivity contribution >= 4 is 43.1 Å². The maximum Gasteiger partial charge on any atom is 0.286 e. The number of nitrogens with zero attached hydrogens (tertiary/aromatic N) is 2. The Bertz CT molecular complexity index is 1570. The Morgan fingerprint density at radius 2 is 1.97 bits per heavy atom. The van der Waals surface area contributed by atoms with Crippen molar-refractivity contribution in [1.82, 2.24) is 4.68 Å². The molecule has 0 atom stereocenters. The molecule has 0 radical (unpaired) electrons. The number of aryl methyl sites for hydroxylation is 1. The summed E-state index contributed by atoms with van der Waals surface area (Å²) in [6, 6.07) is 15.9. The summed E-state index contributed by atoms with van der Waals surface area (Å²) < 4.78 is 30.9. The number of sulfonamides is 1. The van der Waals surface area contributed by atoms with E-state index in [0.717, 1.165) is 11.1 Å². The van der Waals surface area contributed by atoms with Gasteiger partial charge >= 0.3 is 0 Å².